The van der Waals surface area contributed by atoms with E-state index in [1.165, 1.54) is 0 Å². The van der Waals surface area contributed by atoms with E-state index in [4.69, 9.17) is 5.73 Å². The Labute approximate surface area is 81.3 Å². The van der Waals surface area contributed by atoms with Crippen LogP contribution >= 0.6 is 0 Å². The molecule has 0 atom stereocenters. The number of hydrogen-bond acceptors (Lipinski definition) is 1. The van der Waals surface area contributed by atoms with E-state index in [9.17, 15) is 0 Å². The molecule has 0 aromatic heterocycles. The van der Waals surface area contributed by atoms with E-state index in [0.717, 1.165) is 30.9 Å². The molecular weight excluding hydrogens is 158 g/mol. The molecule has 0 fully saturated rings. The molecule has 0 bridgehead atoms. The first-order chi connectivity index (χ1) is 6.26. The molecule has 0 heterocycles. The molecule has 0 saturated carbocycles. The topological polar surface area (TPSA) is 26.0 Å². The molecule has 0 aromatic rings. The summed E-state index contributed by atoms with van der Waals surface area (Å²) in [4.78, 5) is 0. The van der Waals surface area contributed by atoms with Crippen LogP contribution in [0.5, 0.6) is 0 Å². The molecular formula is C12H18N. The smallest absolute Gasteiger partial charge is 0.0631 e. The van der Waals surface area contributed by atoms with Crippen molar-refractivity contribution in [1.29, 1.82) is 0 Å². The van der Waals surface area contributed by atoms with Crippen LogP contribution in [-0.4, -0.2) is 0 Å². The Morgan fingerprint density at radius 3 is 2.08 bits per heavy atom. The van der Waals surface area contributed by atoms with E-state index in [2.05, 4.69) is 25.8 Å². The highest BCUT2D eigenvalue weighted by molar-refractivity contribution is 5.25. The van der Waals surface area contributed by atoms with Crippen LogP contribution in [0.25, 0.3) is 0 Å². The van der Waals surface area contributed by atoms with E-state index in [-0.39, 0.29) is 0 Å². The zero-order valence-corrected chi connectivity index (χ0v) is 8.13. The van der Waals surface area contributed by atoms with Gasteiger partial charge in [0.2, 0.25) is 0 Å². The van der Waals surface area contributed by atoms with Crippen LogP contribution in [0.4, 0.5) is 0 Å². The van der Waals surface area contributed by atoms with Crippen molar-refractivity contribution in [3.05, 3.63) is 55.7 Å². The summed E-state index contributed by atoms with van der Waals surface area (Å²) < 4.78 is 0. The maximum atomic E-state index is 5.85. The second kappa shape index (κ2) is 7.56. The molecule has 0 aromatic carbocycles. The second-order valence-corrected chi connectivity index (χ2v) is 2.76. The third kappa shape index (κ3) is 5.21. The largest absolute Gasteiger partial charge is 0.320 e. The summed E-state index contributed by atoms with van der Waals surface area (Å²) in [5, 5.41) is 0. The van der Waals surface area contributed by atoms with Crippen molar-refractivity contribution in [1.82, 2.24) is 0 Å². The van der Waals surface area contributed by atoms with Gasteiger partial charge in [0.05, 0.1) is 6.04 Å². The second-order valence-electron chi connectivity index (χ2n) is 2.76. The van der Waals surface area contributed by atoms with Crippen LogP contribution in [-0.2, 0) is 0 Å². The average molecular weight is 176 g/mol. The summed E-state index contributed by atoms with van der Waals surface area (Å²) in [6, 6.07) is 0.872. The van der Waals surface area contributed by atoms with Gasteiger partial charge in [0.15, 0.2) is 0 Å². The normalized spacial score (nSPS) is 11.4. The standard InChI is InChI=1S/C12H18N/c1-4-7-10-11(8-5-2)12(13)9-6-3/h4-6,10H,1-3,7-9,13H2. The summed E-state index contributed by atoms with van der Waals surface area (Å²) in [7, 11) is 0. The molecule has 0 amide bonds. The first-order valence-electron chi connectivity index (χ1n) is 4.39. The third-order valence-corrected chi connectivity index (χ3v) is 1.67. The first kappa shape index (κ1) is 11.9. The van der Waals surface area contributed by atoms with Gasteiger partial charge in [0.25, 0.3) is 0 Å². The summed E-state index contributed by atoms with van der Waals surface area (Å²) in [5.41, 5.74) is 6.98. The minimum absolute atomic E-state index is 0.733. The van der Waals surface area contributed by atoms with Crippen LogP contribution in [0.1, 0.15) is 19.3 Å². The Bertz CT molecular complexity index is 201. The summed E-state index contributed by atoms with van der Waals surface area (Å²) in [6.07, 6.45) is 9.98. The minimum Gasteiger partial charge on any atom is -0.320 e. The molecule has 71 valence electrons. The Balaban J connectivity index is 4.28. The van der Waals surface area contributed by atoms with Crippen molar-refractivity contribution >= 4 is 0 Å². The van der Waals surface area contributed by atoms with Crippen LogP contribution in [0.3, 0.4) is 0 Å². The molecule has 1 nitrogen and oxygen atoms in total. The number of hydrogen-bond donors (Lipinski definition) is 1. The van der Waals surface area contributed by atoms with Crippen LogP contribution in [0, 0.1) is 6.04 Å². The molecule has 0 saturated heterocycles. The minimum atomic E-state index is 0.733. The van der Waals surface area contributed by atoms with Gasteiger partial charge in [-0.1, -0.05) is 24.3 Å². The molecule has 1 heteroatoms. The number of allylic oxidation sites excluding steroid dienone is 3. The monoisotopic (exact) mass is 176 g/mol. The van der Waals surface area contributed by atoms with Crippen LogP contribution < -0.4 is 5.73 Å². The zero-order valence-electron chi connectivity index (χ0n) is 8.13. The molecule has 13 heavy (non-hydrogen) atoms. The lowest BCUT2D eigenvalue weighted by molar-refractivity contribution is 0.930. The maximum absolute atomic E-state index is 5.85. The van der Waals surface area contributed by atoms with Gasteiger partial charge in [-0.2, -0.15) is 0 Å². The SMILES string of the molecule is C=CCC=C(CC=C)[C](N)CC=C. The van der Waals surface area contributed by atoms with Crippen molar-refractivity contribution in [2.24, 2.45) is 5.73 Å². The van der Waals surface area contributed by atoms with Gasteiger partial charge in [-0.25, -0.2) is 0 Å². The van der Waals surface area contributed by atoms with Crippen molar-refractivity contribution in [3.8, 4) is 0 Å². The Hall–Kier alpha value is -1.08. The molecule has 0 rings (SSSR count). The van der Waals surface area contributed by atoms with Gasteiger partial charge in [0.1, 0.15) is 0 Å². The van der Waals surface area contributed by atoms with E-state index >= 15 is 0 Å². The van der Waals surface area contributed by atoms with Gasteiger partial charge in [-0.15, -0.1) is 19.7 Å². The molecule has 0 aliphatic rings. The molecule has 0 spiro atoms. The highest BCUT2D eigenvalue weighted by Crippen LogP contribution is 2.17. The Kier molecular flexibility index (Phi) is 6.93. The highest BCUT2D eigenvalue weighted by Gasteiger charge is 2.05. The fraction of sp³-hybridized carbons (Fsp3) is 0.250. The maximum Gasteiger partial charge on any atom is 0.0631 e. The van der Waals surface area contributed by atoms with Gasteiger partial charge < -0.3 is 5.73 Å². The molecule has 1 radical (unpaired) electrons. The predicted octanol–water partition coefficient (Wildman–Crippen LogP) is 3.13. The lowest BCUT2D eigenvalue weighted by Crippen LogP contribution is -2.11. The highest BCUT2D eigenvalue weighted by atomic mass is 14.6. The van der Waals surface area contributed by atoms with Gasteiger partial charge in [0, 0.05) is 0 Å². The Morgan fingerprint density at radius 1 is 1.00 bits per heavy atom. The van der Waals surface area contributed by atoms with E-state index in [1.54, 1.807) is 6.08 Å². The lowest BCUT2D eigenvalue weighted by atomic mass is 10.0. The van der Waals surface area contributed by atoms with Gasteiger partial charge in [-0.3, -0.25) is 0 Å². The van der Waals surface area contributed by atoms with Crippen molar-refractivity contribution in [2.45, 2.75) is 19.3 Å². The van der Waals surface area contributed by atoms with Crippen molar-refractivity contribution in [2.75, 3.05) is 0 Å². The fourth-order valence-corrected chi connectivity index (χ4v) is 1.01. The Morgan fingerprint density at radius 2 is 1.62 bits per heavy atom. The average Bonchev–Trinajstić information content (AvgIpc) is 2.12. The van der Waals surface area contributed by atoms with E-state index < -0.39 is 0 Å². The fourth-order valence-electron chi connectivity index (χ4n) is 1.01. The van der Waals surface area contributed by atoms with Gasteiger partial charge in [-0.05, 0) is 24.8 Å². The molecule has 0 unspecified atom stereocenters. The first-order valence-corrected chi connectivity index (χ1v) is 4.39. The van der Waals surface area contributed by atoms with Gasteiger partial charge >= 0.3 is 0 Å². The lowest BCUT2D eigenvalue weighted by Gasteiger charge is -2.11. The number of nitrogens with two attached hydrogens (primary N) is 1. The van der Waals surface area contributed by atoms with Crippen LogP contribution in [0.2, 0.25) is 0 Å². The quantitative estimate of drug-likeness (QED) is 0.592. The van der Waals surface area contributed by atoms with E-state index in [1.807, 2.05) is 12.2 Å². The summed E-state index contributed by atoms with van der Waals surface area (Å²) in [6.45, 7) is 11.0. The van der Waals surface area contributed by atoms with Crippen molar-refractivity contribution < 1.29 is 0 Å². The molecule has 0 aliphatic heterocycles. The molecule has 2 N–H and O–H groups in total. The van der Waals surface area contributed by atoms with E-state index in [0.29, 0.717) is 0 Å². The van der Waals surface area contributed by atoms with Crippen LogP contribution in [0.15, 0.2) is 49.6 Å². The summed E-state index contributed by atoms with van der Waals surface area (Å²) in [5.74, 6) is 0. The van der Waals surface area contributed by atoms with Crippen molar-refractivity contribution in [3.63, 3.8) is 0 Å². The summed E-state index contributed by atoms with van der Waals surface area (Å²) >= 11 is 0. The third-order valence-electron chi connectivity index (χ3n) is 1.67. The zero-order chi connectivity index (χ0) is 10.1. The predicted molar refractivity (Wildman–Crippen MR) is 60.0 cm³/mol. The number of rotatable bonds is 7. The molecule has 0 aliphatic carbocycles.